The van der Waals surface area contributed by atoms with E-state index in [2.05, 4.69) is 17.6 Å². The van der Waals surface area contributed by atoms with Gasteiger partial charge in [0.2, 0.25) is 11.8 Å². The first-order valence-electron chi connectivity index (χ1n) is 17.3. The third kappa shape index (κ3) is 11.7. The Kier molecular flexibility index (Phi) is 14.4. The van der Waals surface area contributed by atoms with Gasteiger partial charge in [-0.3, -0.25) is 9.59 Å². The molecule has 3 amide bonds. The summed E-state index contributed by atoms with van der Waals surface area (Å²) in [6.45, 7) is 11.9. The largest absolute Gasteiger partial charge is 0.508 e. The van der Waals surface area contributed by atoms with Crippen LogP contribution in [0.1, 0.15) is 127 Å². The molecular formula is C38H57N3O5. The predicted molar refractivity (Wildman–Crippen MR) is 184 cm³/mol. The van der Waals surface area contributed by atoms with Gasteiger partial charge in [-0.2, -0.15) is 0 Å². The van der Waals surface area contributed by atoms with Crippen molar-refractivity contribution in [3.8, 4) is 5.75 Å². The summed E-state index contributed by atoms with van der Waals surface area (Å²) in [5.41, 5.74) is 2.73. The van der Waals surface area contributed by atoms with E-state index in [0.717, 1.165) is 80.0 Å². The van der Waals surface area contributed by atoms with Gasteiger partial charge >= 0.3 is 6.09 Å². The highest BCUT2D eigenvalue weighted by Gasteiger charge is 2.38. The molecule has 254 valence electrons. The monoisotopic (exact) mass is 635 g/mol. The van der Waals surface area contributed by atoms with Crippen molar-refractivity contribution in [3.05, 3.63) is 64.7 Å². The molecule has 1 saturated carbocycles. The number of phenolic OH excluding ortho intramolecular Hbond substituents is 1. The molecule has 3 rings (SSSR count). The zero-order valence-electron chi connectivity index (χ0n) is 29.0. The number of hydrogen-bond acceptors (Lipinski definition) is 5. The lowest BCUT2D eigenvalue weighted by atomic mass is 9.91. The van der Waals surface area contributed by atoms with Gasteiger partial charge in [0, 0.05) is 19.0 Å². The molecule has 2 aromatic rings. The van der Waals surface area contributed by atoms with Crippen molar-refractivity contribution >= 4 is 17.9 Å². The molecule has 0 aromatic heterocycles. The van der Waals surface area contributed by atoms with Crippen LogP contribution in [0.2, 0.25) is 0 Å². The van der Waals surface area contributed by atoms with E-state index in [-0.39, 0.29) is 30.0 Å². The maximum Gasteiger partial charge on any atom is 0.408 e. The van der Waals surface area contributed by atoms with Crippen LogP contribution in [0.3, 0.4) is 0 Å². The van der Waals surface area contributed by atoms with Crippen LogP contribution >= 0.6 is 0 Å². The van der Waals surface area contributed by atoms with Crippen LogP contribution in [0.4, 0.5) is 4.79 Å². The van der Waals surface area contributed by atoms with E-state index in [0.29, 0.717) is 6.54 Å². The molecule has 0 aliphatic heterocycles. The molecule has 2 atom stereocenters. The van der Waals surface area contributed by atoms with Crippen LogP contribution in [0, 0.1) is 13.8 Å². The minimum absolute atomic E-state index is 0.0757. The van der Waals surface area contributed by atoms with Crippen molar-refractivity contribution in [3.63, 3.8) is 0 Å². The zero-order valence-corrected chi connectivity index (χ0v) is 29.0. The Bertz CT molecular complexity index is 1240. The second-order valence-corrected chi connectivity index (χ2v) is 13.9. The quantitative estimate of drug-likeness (QED) is 0.173. The number of phenols is 1. The van der Waals surface area contributed by atoms with Crippen LogP contribution in [0.5, 0.6) is 5.75 Å². The second kappa shape index (κ2) is 18.0. The summed E-state index contributed by atoms with van der Waals surface area (Å²) in [6, 6.07) is 10.8. The normalized spacial score (nSPS) is 15.1. The first-order chi connectivity index (χ1) is 21.9. The number of benzene rings is 2. The summed E-state index contributed by atoms with van der Waals surface area (Å²) >= 11 is 0. The SMILES string of the molecule is CCCCCCCCN(C(=O)C(Cc1ccc(O)cc1)NC(=O)OC(C)(C)C)C(C(=O)NC1CCCCC1)c1c(C)cccc1C. The molecule has 0 radical (unpaired) electrons. The first-order valence-corrected chi connectivity index (χ1v) is 17.3. The number of amides is 3. The predicted octanol–water partition coefficient (Wildman–Crippen LogP) is 7.82. The average molecular weight is 636 g/mol. The summed E-state index contributed by atoms with van der Waals surface area (Å²) in [6.07, 6.45) is 10.9. The number of nitrogens with zero attached hydrogens (tertiary/aromatic N) is 1. The summed E-state index contributed by atoms with van der Waals surface area (Å²) in [4.78, 5) is 44.1. The smallest absolute Gasteiger partial charge is 0.408 e. The molecule has 2 aromatic carbocycles. The fraction of sp³-hybridized carbons (Fsp3) is 0.605. The van der Waals surface area contributed by atoms with Crippen LogP contribution in [-0.4, -0.2) is 52.1 Å². The number of hydrogen-bond donors (Lipinski definition) is 3. The van der Waals surface area contributed by atoms with E-state index in [1.54, 1.807) is 49.9 Å². The Hall–Kier alpha value is -3.55. The molecule has 1 aliphatic rings. The van der Waals surface area contributed by atoms with Crippen molar-refractivity contribution in [1.82, 2.24) is 15.5 Å². The number of carbonyl (C=O) groups is 3. The minimum atomic E-state index is -0.992. The standard InChI is InChI=1S/C38H57N3O5/c1-7-8-9-10-11-15-25-41(34(33-27(2)17-16-18-28(33)3)35(43)39-30-19-13-12-14-20-30)36(44)32(40-37(45)46-38(4,5)6)26-29-21-23-31(42)24-22-29/h16-18,21-24,30,32,34,42H,7-15,19-20,25-26H2,1-6H3,(H,39,43)(H,40,45). The van der Waals surface area contributed by atoms with E-state index in [4.69, 9.17) is 4.74 Å². The van der Waals surface area contributed by atoms with E-state index in [9.17, 15) is 19.5 Å². The summed E-state index contributed by atoms with van der Waals surface area (Å²) in [5.74, 6) is -0.394. The van der Waals surface area contributed by atoms with Crippen LogP contribution in [-0.2, 0) is 20.7 Å². The zero-order chi connectivity index (χ0) is 33.7. The highest BCUT2D eigenvalue weighted by Crippen LogP contribution is 2.31. The lowest BCUT2D eigenvalue weighted by Gasteiger charge is -2.37. The summed E-state index contributed by atoms with van der Waals surface area (Å²) in [5, 5.41) is 16.0. The van der Waals surface area contributed by atoms with Crippen molar-refractivity contribution in [2.24, 2.45) is 0 Å². The van der Waals surface area contributed by atoms with Crippen molar-refractivity contribution in [1.29, 1.82) is 0 Å². The van der Waals surface area contributed by atoms with E-state index < -0.39 is 23.8 Å². The van der Waals surface area contributed by atoms with Crippen molar-refractivity contribution in [2.45, 2.75) is 142 Å². The molecule has 0 spiro atoms. The minimum Gasteiger partial charge on any atom is -0.508 e. The number of unbranched alkanes of at least 4 members (excludes halogenated alkanes) is 5. The Morgan fingerprint density at radius 2 is 1.52 bits per heavy atom. The molecule has 1 fully saturated rings. The molecule has 0 bridgehead atoms. The number of ether oxygens (including phenoxy) is 1. The second-order valence-electron chi connectivity index (χ2n) is 13.9. The molecule has 2 unspecified atom stereocenters. The number of aryl methyl sites for hydroxylation is 2. The van der Waals surface area contributed by atoms with Crippen molar-refractivity contribution < 1.29 is 24.2 Å². The molecule has 8 heteroatoms. The summed E-state index contributed by atoms with van der Waals surface area (Å²) in [7, 11) is 0. The van der Waals surface area contributed by atoms with Gasteiger partial charge in [-0.15, -0.1) is 0 Å². The Morgan fingerprint density at radius 1 is 0.913 bits per heavy atom. The van der Waals surface area contributed by atoms with Crippen molar-refractivity contribution in [2.75, 3.05) is 6.54 Å². The number of alkyl carbamates (subject to hydrolysis) is 1. The highest BCUT2D eigenvalue weighted by atomic mass is 16.6. The van der Waals surface area contributed by atoms with Gasteiger partial charge in [0.25, 0.3) is 0 Å². The molecular weight excluding hydrogens is 578 g/mol. The lowest BCUT2D eigenvalue weighted by molar-refractivity contribution is -0.143. The molecule has 1 aliphatic carbocycles. The first kappa shape index (κ1) is 36.9. The Morgan fingerprint density at radius 3 is 2.13 bits per heavy atom. The molecule has 46 heavy (non-hydrogen) atoms. The van der Waals surface area contributed by atoms with Gasteiger partial charge in [-0.05, 0) is 88.3 Å². The number of carbonyl (C=O) groups excluding carboxylic acids is 3. The maximum atomic E-state index is 14.8. The van der Waals surface area contributed by atoms with Crippen LogP contribution in [0.15, 0.2) is 42.5 Å². The Balaban J connectivity index is 2.05. The van der Waals surface area contributed by atoms with Crippen LogP contribution in [0.25, 0.3) is 0 Å². The van der Waals surface area contributed by atoms with E-state index >= 15 is 0 Å². The molecule has 8 nitrogen and oxygen atoms in total. The van der Waals surface area contributed by atoms with Gasteiger partial charge in [0.05, 0.1) is 0 Å². The Labute approximate surface area is 276 Å². The molecule has 3 N–H and O–H groups in total. The van der Waals surface area contributed by atoms with Gasteiger partial charge in [-0.25, -0.2) is 4.79 Å². The maximum absolute atomic E-state index is 14.8. The van der Waals surface area contributed by atoms with Gasteiger partial charge < -0.3 is 25.4 Å². The topological polar surface area (TPSA) is 108 Å². The lowest BCUT2D eigenvalue weighted by Crippen LogP contribution is -2.55. The fourth-order valence-electron chi connectivity index (χ4n) is 6.36. The molecule has 0 heterocycles. The van der Waals surface area contributed by atoms with E-state index in [1.807, 2.05) is 32.0 Å². The number of rotatable bonds is 15. The number of nitrogens with one attached hydrogen (secondary N) is 2. The summed E-state index contributed by atoms with van der Waals surface area (Å²) < 4.78 is 5.58. The highest BCUT2D eigenvalue weighted by molar-refractivity contribution is 5.93. The van der Waals surface area contributed by atoms with E-state index in [1.165, 1.54) is 12.8 Å². The number of aromatic hydroxyl groups is 1. The molecule has 0 saturated heterocycles. The van der Waals surface area contributed by atoms with Gasteiger partial charge in [-0.1, -0.05) is 88.6 Å². The van der Waals surface area contributed by atoms with Gasteiger partial charge in [0.15, 0.2) is 0 Å². The van der Waals surface area contributed by atoms with Gasteiger partial charge in [0.1, 0.15) is 23.4 Å². The van der Waals surface area contributed by atoms with Crippen LogP contribution < -0.4 is 10.6 Å². The fourth-order valence-corrected chi connectivity index (χ4v) is 6.36. The average Bonchev–Trinajstić information content (AvgIpc) is 2.99. The third-order valence-corrected chi connectivity index (χ3v) is 8.73. The third-order valence-electron chi connectivity index (χ3n) is 8.73.